The van der Waals surface area contributed by atoms with Gasteiger partial charge in [-0.2, -0.15) is 5.10 Å². The van der Waals surface area contributed by atoms with Crippen molar-refractivity contribution in [1.82, 2.24) is 20.4 Å². The second-order valence-electron chi connectivity index (χ2n) is 4.07. The monoisotopic (exact) mass is 269 g/mol. The van der Waals surface area contributed by atoms with Gasteiger partial charge in [0.25, 0.3) is 0 Å². The van der Waals surface area contributed by atoms with Gasteiger partial charge in [0.1, 0.15) is 0 Å². The van der Waals surface area contributed by atoms with Crippen molar-refractivity contribution in [2.75, 3.05) is 13.6 Å². The van der Waals surface area contributed by atoms with Crippen LogP contribution in [0.25, 0.3) is 0 Å². The summed E-state index contributed by atoms with van der Waals surface area (Å²) in [4.78, 5) is 4.11. The molecule has 0 saturated carbocycles. The van der Waals surface area contributed by atoms with Gasteiger partial charge < -0.3 is 10.6 Å². The SMILES string of the molecule is C=C(Cl)CNC(=NC)NCc1c(C)nn(C)c1C. The minimum atomic E-state index is 0.492. The molecule has 2 N–H and O–H groups in total. The Morgan fingerprint density at radius 1 is 1.44 bits per heavy atom. The lowest BCUT2D eigenvalue weighted by molar-refractivity contribution is 0.729. The zero-order valence-electron chi connectivity index (χ0n) is 11.3. The van der Waals surface area contributed by atoms with Crippen molar-refractivity contribution in [2.24, 2.45) is 12.0 Å². The Hall–Kier alpha value is -1.49. The first-order valence-corrected chi connectivity index (χ1v) is 6.10. The average molecular weight is 270 g/mol. The van der Waals surface area contributed by atoms with E-state index in [9.17, 15) is 0 Å². The first-order chi connectivity index (χ1) is 8.45. The summed E-state index contributed by atoms with van der Waals surface area (Å²) in [5, 5.41) is 11.2. The van der Waals surface area contributed by atoms with E-state index in [1.165, 1.54) is 5.56 Å². The molecule has 1 heterocycles. The molecular formula is C12H20ClN5. The summed E-state index contributed by atoms with van der Waals surface area (Å²) in [5.41, 5.74) is 3.36. The van der Waals surface area contributed by atoms with Crippen molar-refractivity contribution < 1.29 is 0 Å². The van der Waals surface area contributed by atoms with Crippen molar-refractivity contribution in [3.05, 3.63) is 28.6 Å². The molecule has 0 fully saturated rings. The maximum Gasteiger partial charge on any atom is 0.191 e. The van der Waals surface area contributed by atoms with Gasteiger partial charge in [0.15, 0.2) is 5.96 Å². The summed E-state index contributed by atoms with van der Waals surface area (Å²) in [6.45, 7) is 8.84. The van der Waals surface area contributed by atoms with E-state index in [4.69, 9.17) is 11.6 Å². The lowest BCUT2D eigenvalue weighted by Gasteiger charge is -2.11. The Labute approximate surface area is 113 Å². The normalized spacial score (nSPS) is 11.5. The number of nitrogens with one attached hydrogen (secondary N) is 2. The van der Waals surface area contributed by atoms with Crippen LogP contribution in [-0.2, 0) is 13.6 Å². The molecule has 0 unspecified atom stereocenters. The molecular weight excluding hydrogens is 250 g/mol. The highest BCUT2D eigenvalue weighted by Gasteiger charge is 2.09. The lowest BCUT2D eigenvalue weighted by Crippen LogP contribution is -2.37. The van der Waals surface area contributed by atoms with Gasteiger partial charge in [0, 0.05) is 36.9 Å². The quantitative estimate of drug-likeness (QED) is 0.643. The Morgan fingerprint density at radius 2 is 2.11 bits per heavy atom. The molecule has 0 aliphatic carbocycles. The predicted octanol–water partition coefficient (Wildman–Crippen LogP) is 1.45. The third-order valence-electron chi connectivity index (χ3n) is 2.76. The van der Waals surface area contributed by atoms with Gasteiger partial charge in [-0.3, -0.25) is 9.67 Å². The molecule has 0 spiro atoms. The van der Waals surface area contributed by atoms with Crippen LogP contribution in [-0.4, -0.2) is 29.3 Å². The minimum Gasteiger partial charge on any atom is -0.352 e. The highest BCUT2D eigenvalue weighted by molar-refractivity contribution is 6.29. The van der Waals surface area contributed by atoms with Gasteiger partial charge in [-0.05, 0) is 13.8 Å². The smallest absolute Gasteiger partial charge is 0.191 e. The molecule has 0 aliphatic rings. The van der Waals surface area contributed by atoms with Crippen molar-refractivity contribution in [3.8, 4) is 0 Å². The summed E-state index contributed by atoms with van der Waals surface area (Å²) < 4.78 is 1.88. The maximum absolute atomic E-state index is 5.70. The first-order valence-electron chi connectivity index (χ1n) is 5.72. The molecule has 18 heavy (non-hydrogen) atoms. The number of hydrogen-bond acceptors (Lipinski definition) is 2. The van der Waals surface area contributed by atoms with Crippen molar-refractivity contribution in [1.29, 1.82) is 0 Å². The van der Waals surface area contributed by atoms with Gasteiger partial charge in [-0.15, -0.1) is 0 Å². The van der Waals surface area contributed by atoms with Crippen LogP contribution in [0, 0.1) is 13.8 Å². The van der Waals surface area contributed by atoms with E-state index in [0.29, 0.717) is 24.1 Å². The number of hydrogen-bond donors (Lipinski definition) is 2. The van der Waals surface area contributed by atoms with Crippen molar-refractivity contribution in [3.63, 3.8) is 0 Å². The molecule has 100 valence electrons. The zero-order chi connectivity index (χ0) is 13.7. The Balaban J connectivity index is 2.60. The van der Waals surface area contributed by atoms with E-state index in [2.05, 4.69) is 27.3 Å². The van der Waals surface area contributed by atoms with E-state index in [0.717, 1.165) is 11.4 Å². The van der Waals surface area contributed by atoms with Crippen LogP contribution >= 0.6 is 11.6 Å². The predicted molar refractivity (Wildman–Crippen MR) is 75.9 cm³/mol. The molecule has 0 saturated heterocycles. The Morgan fingerprint density at radius 3 is 2.56 bits per heavy atom. The fraction of sp³-hybridized carbons (Fsp3) is 0.500. The second kappa shape index (κ2) is 6.44. The molecule has 1 aromatic heterocycles. The largest absolute Gasteiger partial charge is 0.352 e. The summed E-state index contributed by atoms with van der Waals surface area (Å²) in [6, 6.07) is 0. The number of rotatable bonds is 4. The van der Waals surface area contributed by atoms with Crippen LogP contribution in [0.3, 0.4) is 0 Å². The summed E-state index contributed by atoms with van der Waals surface area (Å²) in [5.74, 6) is 0.694. The summed E-state index contributed by atoms with van der Waals surface area (Å²) in [7, 11) is 3.66. The third kappa shape index (κ3) is 3.77. The molecule has 0 bridgehead atoms. The molecule has 6 heteroatoms. The average Bonchev–Trinajstić information content (AvgIpc) is 2.54. The molecule has 0 amide bonds. The van der Waals surface area contributed by atoms with Crippen molar-refractivity contribution in [2.45, 2.75) is 20.4 Å². The second-order valence-corrected chi connectivity index (χ2v) is 4.60. The number of aromatic nitrogens is 2. The van der Waals surface area contributed by atoms with E-state index in [1.54, 1.807) is 7.05 Å². The number of nitrogens with zero attached hydrogens (tertiary/aromatic N) is 3. The molecule has 0 atom stereocenters. The summed E-state index contributed by atoms with van der Waals surface area (Å²) in [6.07, 6.45) is 0. The van der Waals surface area contributed by atoms with Gasteiger partial charge in [0.05, 0.1) is 12.2 Å². The maximum atomic E-state index is 5.70. The lowest BCUT2D eigenvalue weighted by atomic mass is 10.2. The van der Waals surface area contributed by atoms with Crippen LogP contribution in [0.1, 0.15) is 17.0 Å². The van der Waals surface area contributed by atoms with Crippen LogP contribution in [0.15, 0.2) is 16.6 Å². The van der Waals surface area contributed by atoms with E-state index >= 15 is 0 Å². The zero-order valence-corrected chi connectivity index (χ0v) is 12.1. The topological polar surface area (TPSA) is 54.2 Å². The molecule has 0 aliphatic heterocycles. The summed E-state index contributed by atoms with van der Waals surface area (Å²) >= 11 is 5.70. The van der Waals surface area contributed by atoms with Crippen LogP contribution in [0.4, 0.5) is 0 Å². The fourth-order valence-corrected chi connectivity index (χ4v) is 1.71. The first kappa shape index (κ1) is 14.6. The van der Waals surface area contributed by atoms with E-state index in [1.807, 2.05) is 25.6 Å². The van der Waals surface area contributed by atoms with Crippen molar-refractivity contribution >= 4 is 17.6 Å². The molecule has 1 aromatic rings. The number of halogens is 1. The molecule has 0 radical (unpaired) electrons. The minimum absolute atomic E-state index is 0.492. The van der Waals surface area contributed by atoms with E-state index < -0.39 is 0 Å². The van der Waals surface area contributed by atoms with Gasteiger partial charge in [-0.25, -0.2) is 0 Å². The molecule has 0 aromatic carbocycles. The Kier molecular flexibility index (Phi) is 5.22. The molecule has 1 rings (SSSR count). The standard InChI is InChI=1S/C12H20ClN5/c1-8(13)6-15-12(14-4)16-7-11-9(2)17-18(5)10(11)3/h1,6-7H2,2-5H3,(H2,14,15,16). The molecule has 5 nitrogen and oxygen atoms in total. The number of guanidine groups is 1. The highest BCUT2D eigenvalue weighted by atomic mass is 35.5. The van der Waals surface area contributed by atoms with Gasteiger partial charge in [-0.1, -0.05) is 18.2 Å². The number of aryl methyl sites for hydroxylation is 2. The third-order valence-corrected chi connectivity index (χ3v) is 2.90. The highest BCUT2D eigenvalue weighted by Crippen LogP contribution is 2.10. The fourth-order valence-electron chi connectivity index (χ4n) is 1.65. The van der Waals surface area contributed by atoms with Crippen LogP contribution < -0.4 is 10.6 Å². The van der Waals surface area contributed by atoms with Crippen LogP contribution in [0.5, 0.6) is 0 Å². The van der Waals surface area contributed by atoms with Crippen LogP contribution in [0.2, 0.25) is 0 Å². The van der Waals surface area contributed by atoms with E-state index in [-0.39, 0.29) is 0 Å². The Bertz CT molecular complexity index is 461. The van der Waals surface area contributed by atoms with Gasteiger partial charge in [0.2, 0.25) is 0 Å². The van der Waals surface area contributed by atoms with Gasteiger partial charge >= 0.3 is 0 Å². The number of aliphatic imine (C=N–C) groups is 1.